The standard InChI is InChI=1S/C15H28O2/c1-4-5-6-7-8-9-10-11-12-13-14(2)17-15(3)16/h5-6,14H,4,7-13H2,1-3H3/b6-5-. The first-order chi connectivity index (χ1) is 8.16. The van der Waals surface area contributed by atoms with Gasteiger partial charge in [-0.05, 0) is 39.0 Å². The molecule has 0 aliphatic heterocycles. The van der Waals surface area contributed by atoms with Crippen molar-refractivity contribution in [1.29, 1.82) is 0 Å². The Morgan fingerprint density at radius 3 is 2.41 bits per heavy atom. The quantitative estimate of drug-likeness (QED) is 0.316. The van der Waals surface area contributed by atoms with Crippen molar-refractivity contribution in [3.05, 3.63) is 12.2 Å². The minimum atomic E-state index is -0.166. The maximum atomic E-state index is 10.7. The molecular formula is C15H28O2. The third kappa shape index (κ3) is 13.1. The molecule has 0 rings (SSSR count). The van der Waals surface area contributed by atoms with Crippen LogP contribution in [-0.4, -0.2) is 12.1 Å². The number of hydrogen-bond acceptors (Lipinski definition) is 2. The van der Waals surface area contributed by atoms with Crippen molar-refractivity contribution in [2.75, 3.05) is 0 Å². The number of allylic oxidation sites excluding steroid dienone is 2. The van der Waals surface area contributed by atoms with Crippen LogP contribution in [-0.2, 0) is 9.53 Å². The van der Waals surface area contributed by atoms with Crippen LogP contribution in [0.5, 0.6) is 0 Å². The van der Waals surface area contributed by atoms with Gasteiger partial charge in [0, 0.05) is 6.92 Å². The molecule has 2 nitrogen and oxygen atoms in total. The summed E-state index contributed by atoms with van der Waals surface area (Å²) >= 11 is 0. The molecule has 0 N–H and O–H groups in total. The molecule has 0 aromatic carbocycles. The second-order valence-corrected chi connectivity index (χ2v) is 4.64. The lowest BCUT2D eigenvalue weighted by molar-refractivity contribution is -0.145. The molecule has 0 aliphatic rings. The van der Waals surface area contributed by atoms with Crippen LogP contribution < -0.4 is 0 Å². The molecule has 0 saturated carbocycles. The summed E-state index contributed by atoms with van der Waals surface area (Å²) < 4.78 is 5.07. The Balaban J connectivity index is 3.18. The van der Waals surface area contributed by atoms with E-state index < -0.39 is 0 Å². The second-order valence-electron chi connectivity index (χ2n) is 4.64. The zero-order chi connectivity index (χ0) is 12.9. The Hall–Kier alpha value is -0.790. The molecule has 0 bridgehead atoms. The maximum Gasteiger partial charge on any atom is 0.302 e. The predicted octanol–water partition coefficient (Wildman–Crippen LogP) is 4.63. The van der Waals surface area contributed by atoms with Crippen molar-refractivity contribution in [1.82, 2.24) is 0 Å². The van der Waals surface area contributed by atoms with Crippen LogP contribution in [0.1, 0.15) is 72.1 Å². The smallest absolute Gasteiger partial charge is 0.302 e. The lowest BCUT2D eigenvalue weighted by Gasteiger charge is -2.10. The first-order valence-corrected chi connectivity index (χ1v) is 6.99. The maximum absolute atomic E-state index is 10.7. The van der Waals surface area contributed by atoms with Crippen LogP contribution in [0.2, 0.25) is 0 Å². The minimum Gasteiger partial charge on any atom is -0.463 e. The van der Waals surface area contributed by atoms with Gasteiger partial charge in [0.15, 0.2) is 0 Å². The molecule has 0 aliphatic carbocycles. The second kappa shape index (κ2) is 11.7. The molecule has 0 amide bonds. The number of hydrogen-bond donors (Lipinski definition) is 0. The molecule has 17 heavy (non-hydrogen) atoms. The molecule has 0 heterocycles. The highest BCUT2D eigenvalue weighted by atomic mass is 16.5. The van der Waals surface area contributed by atoms with Crippen LogP contribution in [0.25, 0.3) is 0 Å². The van der Waals surface area contributed by atoms with Gasteiger partial charge >= 0.3 is 5.97 Å². The van der Waals surface area contributed by atoms with E-state index >= 15 is 0 Å². The SMILES string of the molecule is CC/C=C\CCCCCCCC(C)OC(C)=O. The predicted molar refractivity (Wildman–Crippen MR) is 73.0 cm³/mol. The van der Waals surface area contributed by atoms with Crippen molar-refractivity contribution in [2.45, 2.75) is 78.2 Å². The summed E-state index contributed by atoms with van der Waals surface area (Å²) in [7, 11) is 0. The summed E-state index contributed by atoms with van der Waals surface area (Å²) in [6.07, 6.45) is 14.3. The van der Waals surface area contributed by atoms with E-state index in [1.165, 1.54) is 45.4 Å². The number of carbonyl (C=O) groups is 1. The first kappa shape index (κ1) is 16.2. The summed E-state index contributed by atoms with van der Waals surface area (Å²) in [6.45, 7) is 5.61. The Morgan fingerprint density at radius 1 is 1.12 bits per heavy atom. The monoisotopic (exact) mass is 240 g/mol. The fraction of sp³-hybridized carbons (Fsp3) is 0.800. The molecule has 0 radical (unpaired) electrons. The number of ether oxygens (including phenoxy) is 1. The van der Waals surface area contributed by atoms with Gasteiger partial charge < -0.3 is 4.74 Å². The summed E-state index contributed by atoms with van der Waals surface area (Å²) in [5.74, 6) is -0.166. The highest BCUT2D eigenvalue weighted by Crippen LogP contribution is 2.10. The van der Waals surface area contributed by atoms with Gasteiger partial charge in [0.1, 0.15) is 0 Å². The summed E-state index contributed by atoms with van der Waals surface area (Å²) in [6, 6.07) is 0. The molecule has 0 aromatic rings. The van der Waals surface area contributed by atoms with Gasteiger partial charge in [0.2, 0.25) is 0 Å². The Morgan fingerprint density at radius 2 is 1.76 bits per heavy atom. The van der Waals surface area contributed by atoms with E-state index in [9.17, 15) is 4.79 Å². The third-order valence-electron chi connectivity index (χ3n) is 2.75. The molecular weight excluding hydrogens is 212 g/mol. The van der Waals surface area contributed by atoms with Gasteiger partial charge in [-0.3, -0.25) is 4.79 Å². The Kier molecular flexibility index (Phi) is 11.1. The molecule has 0 spiro atoms. The fourth-order valence-electron chi connectivity index (χ4n) is 1.85. The van der Waals surface area contributed by atoms with Gasteiger partial charge in [-0.25, -0.2) is 0 Å². The lowest BCUT2D eigenvalue weighted by atomic mass is 10.1. The van der Waals surface area contributed by atoms with Crippen molar-refractivity contribution >= 4 is 5.97 Å². The van der Waals surface area contributed by atoms with Crippen LogP contribution in [0.4, 0.5) is 0 Å². The topological polar surface area (TPSA) is 26.3 Å². The molecule has 0 aromatic heterocycles. The zero-order valence-electron chi connectivity index (χ0n) is 11.7. The van der Waals surface area contributed by atoms with Crippen LogP contribution >= 0.6 is 0 Å². The molecule has 0 fully saturated rings. The van der Waals surface area contributed by atoms with Gasteiger partial charge in [0.25, 0.3) is 0 Å². The van der Waals surface area contributed by atoms with Crippen LogP contribution in [0.15, 0.2) is 12.2 Å². The molecule has 1 atom stereocenters. The molecule has 1 unspecified atom stereocenters. The van der Waals surface area contributed by atoms with E-state index in [0.29, 0.717) is 0 Å². The lowest BCUT2D eigenvalue weighted by Crippen LogP contribution is -2.11. The highest BCUT2D eigenvalue weighted by molar-refractivity contribution is 5.66. The average molecular weight is 240 g/mol. The van der Waals surface area contributed by atoms with Crippen molar-refractivity contribution < 1.29 is 9.53 Å². The minimum absolute atomic E-state index is 0.0833. The zero-order valence-corrected chi connectivity index (χ0v) is 11.7. The number of unbranched alkanes of at least 4 members (excludes halogenated alkanes) is 5. The van der Waals surface area contributed by atoms with Crippen molar-refractivity contribution in [3.8, 4) is 0 Å². The van der Waals surface area contributed by atoms with E-state index in [0.717, 1.165) is 12.8 Å². The first-order valence-electron chi connectivity index (χ1n) is 6.99. The summed E-state index contributed by atoms with van der Waals surface area (Å²) in [4.78, 5) is 10.7. The van der Waals surface area contributed by atoms with E-state index in [1.54, 1.807) is 0 Å². The van der Waals surface area contributed by atoms with Crippen LogP contribution in [0, 0.1) is 0 Å². The Labute approximate surface area is 106 Å². The number of esters is 1. The van der Waals surface area contributed by atoms with E-state index in [-0.39, 0.29) is 12.1 Å². The van der Waals surface area contributed by atoms with Gasteiger partial charge in [-0.1, -0.05) is 38.3 Å². The number of rotatable bonds is 10. The third-order valence-corrected chi connectivity index (χ3v) is 2.75. The molecule has 2 heteroatoms. The summed E-state index contributed by atoms with van der Waals surface area (Å²) in [5, 5.41) is 0. The van der Waals surface area contributed by atoms with Gasteiger partial charge in [0.05, 0.1) is 6.10 Å². The fourth-order valence-corrected chi connectivity index (χ4v) is 1.85. The van der Waals surface area contributed by atoms with Crippen molar-refractivity contribution in [3.63, 3.8) is 0 Å². The van der Waals surface area contributed by atoms with Gasteiger partial charge in [-0.15, -0.1) is 0 Å². The number of carbonyl (C=O) groups excluding carboxylic acids is 1. The van der Waals surface area contributed by atoms with E-state index in [1.807, 2.05) is 6.92 Å². The molecule has 100 valence electrons. The summed E-state index contributed by atoms with van der Waals surface area (Å²) in [5.41, 5.74) is 0. The van der Waals surface area contributed by atoms with Gasteiger partial charge in [-0.2, -0.15) is 0 Å². The normalized spacial score (nSPS) is 12.9. The van der Waals surface area contributed by atoms with E-state index in [2.05, 4.69) is 19.1 Å². The molecule has 0 saturated heterocycles. The van der Waals surface area contributed by atoms with E-state index in [4.69, 9.17) is 4.74 Å². The Bertz CT molecular complexity index is 209. The largest absolute Gasteiger partial charge is 0.463 e. The van der Waals surface area contributed by atoms with Crippen molar-refractivity contribution in [2.24, 2.45) is 0 Å². The average Bonchev–Trinajstić information content (AvgIpc) is 2.26. The van der Waals surface area contributed by atoms with Crippen LogP contribution in [0.3, 0.4) is 0 Å². The highest BCUT2D eigenvalue weighted by Gasteiger charge is 2.04.